The summed E-state index contributed by atoms with van der Waals surface area (Å²) in [5.41, 5.74) is 2.50. The summed E-state index contributed by atoms with van der Waals surface area (Å²) >= 11 is 6.28. The lowest BCUT2D eigenvalue weighted by molar-refractivity contribution is -0.734. The van der Waals surface area contributed by atoms with E-state index in [1.165, 1.54) is 4.90 Å². The molecule has 3 aliphatic rings. The third-order valence-corrected chi connectivity index (χ3v) is 8.00. The van der Waals surface area contributed by atoms with Crippen LogP contribution in [0.5, 0.6) is 0 Å². The van der Waals surface area contributed by atoms with E-state index in [0.717, 1.165) is 11.1 Å². The lowest BCUT2D eigenvalue weighted by Crippen LogP contribution is -2.99. The molecule has 1 spiro atoms. The number of carboxylic acid groups (broad SMARTS) is 1. The molecule has 0 unspecified atom stereocenters. The number of likely N-dealkylation sites (tertiary alicyclic amines) is 1. The van der Waals surface area contributed by atoms with Gasteiger partial charge in [-0.3, -0.25) is 19.3 Å². The number of carboxylic acids is 1. The largest absolute Gasteiger partial charge is 0.550 e. The fourth-order valence-electron chi connectivity index (χ4n) is 5.84. The van der Waals surface area contributed by atoms with E-state index in [1.54, 1.807) is 29.6 Å². The number of amides is 3. The number of imide groups is 1. The Labute approximate surface area is 201 Å². The van der Waals surface area contributed by atoms with Crippen molar-refractivity contribution in [3.8, 4) is 0 Å². The Hall–Kier alpha value is -3.23. The van der Waals surface area contributed by atoms with Crippen molar-refractivity contribution in [2.75, 3.05) is 5.32 Å². The monoisotopic (exact) mass is 481 g/mol. The SMILES string of the molecule is Cc1ccc2c(c1C)NC(=O)[C@]21[NH2+][C@H](CCC(=O)[O-])[C@H]2C(=O)N(Cc3ccccc3Cl)C(=O)[C@H]21. The summed E-state index contributed by atoms with van der Waals surface area (Å²) in [5.74, 6) is -4.22. The third-order valence-electron chi connectivity index (χ3n) is 7.64. The number of hydrogen-bond donors (Lipinski definition) is 2. The molecule has 2 aromatic carbocycles. The summed E-state index contributed by atoms with van der Waals surface area (Å²) in [5, 5.41) is 16.3. The molecular formula is C25H24ClN3O5. The molecule has 3 N–H and O–H groups in total. The Bertz CT molecular complexity index is 1260. The molecular weight excluding hydrogens is 458 g/mol. The zero-order chi connectivity index (χ0) is 24.4. The van der Waals surface area contributed by atoms with Crippen LogP contribution >= 0.6 is 11.6 Å². The van der Waals surface area contributed by atoms with Crippen LogP contribution in [0.3, 0.4) is 0 Å². The first-order chi connectivity index (χ1) is 16.2. The number of anilines is 1. The van der Waals surface area contributed by atoms with Crippen LogP contribution in [0, 0.1) is 25.7 Å². The van der Waals surface area contributed by atoms with Gasteiger partial charge in [0, 0.05) is 23.0 Å². The van der Waals surface area contributed by atoms with Gasteiger partial charge >= 0.3 is 0 Å². The number of fused-ring (bicyclic) bond motifs is 4. The zero-order valence-electron chi connectivity index (χ0n) is 18.8. The molecule has 2 saturated heterocycles. The van der Waals surface area contributed by atoms with Gasteiger partial charge in [0.05, 0.1) is 12.2 Å². The van der Waals surface area contributed by atoms with Gasteiger partial charge in [0.25, 0.3) is 5.91 Å². The van der Waals surface area contributed by atoms with Crippen molar-refractivity contribution in [2.24, 2.45) is 11.8 Å². The molecule has 0 bridgehead atoms. The van der Waals surface area contributed by atoms with Crippen LogP contribution in [0.25, 0.3) is 0 Å². The van der Waals surface area contributed by atoms with Crippen LogP contribution in [0.2, 0.25) is 5.02 Å². The molecule has 4 atom stereocenters. The lowest BCUT2D eigenvalue weighted by atomic mass is 9.76. The van der Waals surface area contributed by atoms with E-state index in [0.29, 0.717) is 21.8 Å². The van der Waals surface area contributed by atoms with Crippen molar-refractivity contribution in [1.82, 2.24) is 4.90 Å². The molecule has 176 valence electrons. The fraction of sp³-hybridized carbons (Fsp3) is 0.360. The normalized spacial score (nSPS) is 27.3. The van der Waals surface area contributed by atoms with Crippen molar-refractivity contribution in [3.63, 3.8) is 0 Å². The number of aliphatic carboxylic acids is 1. The number of quaternary nitrogens is 1. The predicted octanol–water partition coefficient (Wildman–Crippen LogP) is 0.381. The molecule has 8 nitrogen and oxygen atoms in total. The summed E-state index contributed by atoms with van der Waals surface area (Å²) in [6.45, 7) is 3.83. The van der Waals surface area contributed by atoms with Crippen molar-refractivity contribution in [1.29, 1.82) is 0 Å². The quantitative estimate of drug-likeness (QED) is 0.598. The van der Waals surface area contributed by atoms with Crippen molar-refractivity contribution in [3.05, 3.63) is 63.7 Å². The Kier molecular flexibility index (Phi) is 5.26. The second-order valence-electron chi connectivity index (χ2n) is 9.35. The van der Waals surface area contributed by atoms with Crippen LogP contribution in [-0.4, -0.2) is 34.6 Å². The highest BCUT2D eigenvalue weighted by molar-refractivity contribution is 6.31. The molecule has 3 heterocycles. The van der Waals surface area contributed by atoms with Gasteiger partial charge in [0.2, 0.25) is 17.4 Å². The van der Waals surface area contributed by atoms with Gasteiger partial charge in [-0.25, -0.2) is 0 Å². The highest BCUT2D eigenvalue weighted by Crippen LogP contribution is 2.50. The molecule has 3 aliphatic heterocycles. The van der Waals surface area contributed by atoms with Gasteiger partial charge < -0.3 is 20.5 Å². The van der Waals surface area contributed by atoms with E-state index < -0.39 is 41.2 Å². The van der Waals surface area contributed by atoms with Gasteiger partial charge in [-0.15, -0.1) is 0 Å². The first-order valence-corrected chi connectivity index (χ1v) is 11.6. The number of rotatable bonds is 5. The molecule has 5 rings (SSSR count). The fourth-order valence-corrected chi connectivity index (χ4v) is 6.04. The summed E-state index contributed by atoms with van der Waals surface area (Å²) in [6, 6.07) is 10.1. The van der Waals surface area contributed by atoms with Crippen LogP contribution < -0.4 is 15.7 Å². The first kappa shape index (κ1) is 22.6. The van der Waals surface area contributed by atoms with Gasteiger partial charge in [-0.2, -0.15) is 0 Å². The lowest BCUT2D eigenvalue weighted by Gasteiger charge is -2.26. The molecule has 2 fully saturated rings. The summed E-state index contributed by atoms with van der Waals surface area (Å²) < 4.78 is 0. The average Bonchev–Trinajstić information content (AvgIpc) is 3.37. The maximum atomic E-state index is 13.8. The zero-order valence-corrected chi connectivity index (χ0v) is 19.5. The Morgan fingerprint density at radius 2 is 1.88 bits per heavy atom. The van der Waals surface area contributed by atoms with Crippen molar-refractivity contribution >= 4 is 41.0 Å². The van der Waals surface area contributed by atoms with Crippen LogP contribution in [0.1, 0.15) is 35.1 Å². The number of carbonyl (C=O) groups excluding carboxylic acids is 4. The maximum absolute atomic E-state index is 13.8. The van der Waals surface area contributed by atoms with E-state index in [9.17, 15) is 24.3 Å². The molecule has 0 aliphatic carbocycles. The molecule has 0 radical (unpaired) electrons. The van der Waals surface area contributed by atoms with Gasteiger partial charge in [0.15, 0.2) is 0 Å². The number of nitrogens with one attached hydrogen (secondary N) is 1. The second-order valence-corrected chi connectivity index (χ2v) is 9.76. The topological polar surface area (TPSA) is 123 Å². The minimum Gasteiger partial charge on any atom is -0.550 e. The van der Waals surface area contributed by atoms with Crippen molar-refractivity contribution < 1.29 is 29.6 Å². The van der Waals surface area contributed by atoms with Crippen LogP contribution in [0.15, 0.2) is 36.4 Å². The Morgan fingerprint density at radius 1 is 1.15 bits per heavy atom. The predicted molar refractivity (Wildman–Crippen MR) is 120 cm³/mol. The van der Waals surface area contributed by atoms with E-state index in [4.69, 9.17) is 11.6 Å². The van der Waals surface area contributed by atoms with Crippen molar-refractivity contribution in [2.45, 2.75) is 44.8 Å². The summed E-state index contributed by atoms with van der Waals surface area (Å²) in [6.07, 6.45) is -0.161. The first-order valence-electron chi connectivity index (χ1n) is 11.2. The number of carbonyl (C=O) groups is 4. The smallest absolute Gasteiger partial charge is 0.291 e. The summed E-state index contributed by atoms with van der Waals surface area (Å²) in [7, 11) is 0. The average molecular weight is 482 g/mol. The summed E-state index contributed by atoms with van der Waals surface area (Å²) in [4.78, 5) is 53.3. The van der Waals surface area contributed by atoms with Gasteiger partial charge in [-0.05, 0) is 49.1 Å². The third kappa shape index (κ3) is 3.09. The second kappa shape index (κ2) is 7.92. The van der Waals surface area contributed by atoms with E-state index >= 15 is 0 Å². The number of nitrogens with zero attached hydrogens (tertiary/aromatic N) is 1. The van der Waals surface area contributed by atoms with E-state index in [2.05, 4.69) is 5.32 Å². The molecule has 0 aromatic heterocycles. The van der Waals surface area contributed by atoms with Crippen LogP contribution in [0.4, 0.5) is 5.69 Å². The Morgan fingerprint density at radius 3 is 2.59 bits per heavy atom. The molecule has 9 heteroatoms. The number of halogens is 1. The molecule has 3 amide bonds. The van der Waals surface area contributed by atoms with E-state index in [-0.39, 0.29) is 25.3 Å². The maximum Gasteiger partial charge on any atom is 0.291 e. The highest BCUT2D eigenvalue weighted by Gasteiger charge is 2.74. The van der Waals surface area contributed by atoms with Gasteiger partial charge in [0.1, 0.15) is 17.9 Å². The van der Waals surface area contributed by atoms with Crippen LogP contribution in [-0.2, 0) is 31.3 Å². The Balaban J connectivity index is 1.61. The number of aryl methyl sites for hydroxylation is 1. The number of hydrogen-bond acceptors (Lipinski definition) is 5. The van der Waals surface area contributed by atoms with Gasteiger partial charge in [-0.1, -0.05) is 35.9 Å². The molecule has 2 aromatic rings. The minimum absolute atomic E-state index is 0.00493. The minimum atomic E-state index is -1.34. The standard InChI is InChI=1S/C25H24ClN3O5/c1-12-7-8-15-21(13(12)2)27-24(34)25(15)20-19(17(28-25)9-10-18(30)31)22(32)29(23(20)33)11-14-5-3-4-6-16(14)26/h3-8,17,19-20,28H,9-11H2,1-2H3,(H,27,34)(H,30,31)/t17-,19-,20+,25+/m1/s1. The molecule has 34 heavy (non-hydrogen) atoms. The number of nitrogens with two attached hydrogens (primary N) is 1. The highest BCUT2D eigenvalue weighted by atomic mass is 35.5. The molecule has 0 saturated carbocycles. The number of benzene rings is 2. The van der Waals surface area contributed by atoms with E-state index in [1.807, 2.05) is 26.0 Å².